The molecule has 0 atom stereocenters. The Balaban J connectivity index is 3.05. The minimum atomic E-state index is -1.20. The summed E-state index contributed by atoms with van der Waals surface area (Å²) in [6.45, 7) is 5.45. The van der Waals surface area contributed by atoms with Crippen molar-refractivity contribution in [1.29, 1.82) is 0 Å². The largest absolute Gasteiger partial charge is 0.508 e. The van der Waals surface area contributed by atoms with Crippen LogP contribution in [0.4, 0.5) is 5.69 Å². The molecule has 0 aliphatic rings. The van der Waals surface area contributed by atoms with Crippen molar-refractivity contribution in [2.45, 2.75) is 27.2 Å². The van der Waals surface area contributed by atoms with Crippen LogP contribution in [0.25, 0.3) is 0 Å². The summed E-state index contributed by atoms with van der Waals surface area (Å²) in [4.78, 5) is 23.0. The van der Waals surface area contributed by atoms with Crippen molar-refractivity contribution in [2.75, 3.05) is 5.32 Å². The maximum absolute atomic E-state index is 12.0. The van der Waals surface area contributed by atoms with E-state index in [1.54, 1.807) is 13.8 Å². The zero-order valence-electron chi connectivity index (χ0n) is 10.7. The van der Waals surface area contributed by atoms with E-state index in [0.29, 0.717) is 6.42 Å². The maximum Gasteiger partial charge on any atom is 0.337 e. The lowest BCUT2D eigenvalue weighted by Crippen LogP contribution is -2.30. The molecule has 98 valence electrons. The molecule has 5 nitrogen and oxygen atoms in total. The summed E-state index contributed by atoms with van der Waals surface area (Å²) in [5.74, 6) is -1.60. The van der Waals surface area contributed by atoms with Crippen LogP contribution in [0.5, 0.6) is 5.75 Å². The van der Waals surface area contributed by atoms with Crippen molar-refractivity contribution in [1.82, 2.24) is 0 Å². The maximum atomic E-state index is 12.0. The van der Waals surface area contributed by atoms with Crippen LogP contribution in [0.3, 0.4) is 0 Å². The molecule has 0 saturated heterocycles. The van der Waals surface area contributed by atoms with Crippen LogP contribution in [0, 0.1) is 5.41 Å². The van der Waals surface area contributed by atoms with E-state index in [-0.39, 0.29) is 22.9 Å². The van der Waals surface area contributed by atoms with Crippen LogP contribution in [0.15, 0.2) is 18.2 Å². The van der Waals surface area contributed by atoms with Crippen molar-refractivity contribution >= 4 is 17.6 Å². The number of benzene rings is 1. The molecule has 0 radical (unpaired) electrons. The fourth-order valence-corrected chi connectivity index (χ4v) is 1.27. The SMILES string of the molecule is CCC(C)(C)C(=O)Nc1ccc(O)cc1C(=O)O. The smallest absolute Gasteiger partial charge is 0.337 e. The van der Waals surface area contributed by atoms with Crippen LogP contribution >= 0.6 is 0 Å². The first kappa shape index (κ1) is 14.0. The highest BCUT2D eigenvalue weighted by atomic mass is 16.4. The molecule has 5 heteroatoms. The second-order valence-electron chi connectivity index (χ2n) is 4.73. The Kier molecular flexibility index (Phi) is 3.96. The van der Waals surface area contributed by atoms with Gasteiger partial charge in [-0.3, -0.25) is 4.79 Å². The number of aromatic hydroxyl groups is 1. The first-order valence-electron chi connectivity index (χ1n) is 5.65. The topological polar surface area (TPSA) is 86.6 Å². The van der Waals surface area contributed by atoms with Gasteiger partial charge in [-0.25, -0.2) is 4.79 Å². The van der Waals surface area contributed by atoms with Gasteiger partial charge in [0, 0.05) is 5.41 Å². The van der Waals surface area contributed by atoms with Gasteiger partial charge in [0.25, 0.3) is 0 Å². The lowest BCUT2D eigenvalue weighted by molar-refractivity contribution is -0.124. The van der Waals surface area contributed by atoms with E-state index in [1.165, 1.54) is 12.1 Å². The highest BCUT2D eigenvalue weighted by molar-refractivity contribution is 6.02. The molecule has 0 spiro atoms. The summed E-state index contributed by atoms with van der Waals surface area (Å²) in [6.07, 6.45) is 0.638. The number of hydrogen-bond donors (Lipinski definition) is 3. The Morgan fingerprint density at radius 2 is 1.94 bits per heavy atom. The van der Waals surface area contributed by atoms with Crippen molar-refractivity contribution < 1.29 is 19.8 Å². The summed E-state index contributed by atoms with van der Waals surface area (Å²) >= 11 is 0. The zero-order valence-corrected chi connectivity index (χ0v) is 10.7. The number of nitrogens with one attached hydrogen (secondary N) is 1. The third-order valence-corrected chi connectivity index (χ3v) is 2.98. The number of carbonyl (C=O) groups excluding carboxylic acids is 1. The second-order valence-corrected chi connectivity index (χ2v) is 4.73. The molecule has 0 saturated carbocycles. The van der Waals surface area contributed by atoms with Crippen molar-refractivity contribution in [2.24, 2.45) is 5.41 Å². The van der Waals surface area contributed by atoms with Crippen LogP contribution in [0.2, 0.25) is 0 Å². The Hall–Kier alpha value is -2.04. The molecule has 0 fully saturated rings. The van der Waals surface area contributed by atoms with E-state index in [4.69, 9.17) is 5.11 Å². The first-order valence-corrected chi connectivity index (χ1v) is 5.65. The molecule has 1 amide bonds. The number of hydrogen-bond acceptors (Lipinski definition) is 3. The van der Waals surface area contributed by atoms with Crippen molar-refractivity contribution in [3.63, 3.8) is 0 Å². The quantitative estimate of drug-likeness (QED) is 0.717. The number of phenols is 1. The molecule has 1 rings (SSSR count). The predicted octanol–water partition coefficient (Wildman–Crippen LogP) is 2.47. The summed E-state index contributed by atoms with van der Waals surface area (Å²) in [5.41, 5.74) is -0.518. The normalized spacial score (nSPS) is 11.1. The van der Waals surface area contributed by atoms with Gasteiger partial charge in [-0.15, -0.1) is 0 Å². The van der Waals surface area contributed by atoms with Crippen molar-refractivity contribution in [3.8, 4) is 5.75 Å². The minimum Gasteiger partial charge on any atom is -0.508 e. The Morgan fingerprint density at radius 3 is 2.44 bits per heavy atom. The average molecular weight is 251 g/mol. The Bertz CT molecular complexity index is 480. The molecular formula is C13H17NO4. The summed E-state index contributed by atoms with van der Waals surface area (Å²) < 4.78 is 0. The summed E-state index contributed by atoms with van der Waals surface area (Å²) in [5, 5.41) is 20.8. The van der Waals surface area contributed by atoms with Crippen molar-refractivity contribution in [3.05, 3.63) is 23.8 Å². The number of amides is 1. The molecule has 18 heavy (non-hydrogen) atoms. The molecule has 1 aromatic carbocycles. The van der Waals surface area contributed by atoms with E-state index in [0.717, 1.165) is 6.07 Å². The fourth-order valence-electron chi connectivity index (χ4n) is 1.27. The van der Waals surface area contributed by atoms with Gasteiger partial charge in [-0.05, 0) is 24.6 Å². The molecule has 0 aliphatic carbocycles. The van der Waals surface area contributed by atoms with Crippen LogP contribution < -0.4 is 5.32 Å². The molecule has 0 aromatic heterocycles. The highest BCUT2D eigenvalue weighted by Crippen LogP contribution is 2.26. The van der Waals surface area contributed by atoms with Gasteiger partial charge in [0.05, 0.1) is 11.3 Å². The molecular weight excluding hydrogens is 234 g/mol. The third kappa shape index (κ3) is 3.00. The number of phenolic OH excluding ortho intramolecular Hbond substituents is 1. The van der Waals surface area contributed by atoms with Gasteiger partial charge < -0.3 is 15.5 Å². The van der Waals surface area contributed by atoms with Gasteiger partial charge in [-0.2, -0.15) is 0 Å². The number of carbonyl (C=O) groups is 2. The van der Waals surface area contributed by atoms with E-state index < -0.39 is 11.4 Å². The van der Waals surface area contributed by atoms with Gasteiger partial charge in [-0.1, -0.05) is 20.8 Å². The summed E-state index contributed by atoms with van der Waals surface area (Å²) in [6, 6.07) is 3.82. The molecule has 0 bridgehead atoms. The monoisotopic (exact) mass is 251 g/mol. The van der Waals surface area contributed by atoms with Gasteiger partial charge in [0.15, 0.2) is 0 Å². The molecule has 0 heterocycles. The number of rotatable bonds is 4. The number of aromatic carboxylic acids is 1. The first-order chi connectivity index (χ1) is 8.27. The highest BCUT2D eigenvalue weighted by Gasteiger charge is 2.26. The van der Waals surface area contributed by atoms with Gasteiger partial charge in [0.1, 0.15) is 5.75 Å². The van der Waals surface area contributed by atoms with Gasteiger partial charge in [0.2, 0.25) is 5.91 Å². The number of carboxylic acid groups (broad SMARTS) is 1. The fraction of sp³-hybridized carbons (Fsp3) is 0.385. The lowest BCUT2D eigenvalue weighted by atomic mass is 9.89. The number of anilines is 1. The second kappa shape index (κ2) is 5.08. The lowest BCUT2D eigenvalue weighted by Gasteiger charge is -2.22. The molecule has 3 N–H and O–H groups in total. The van der Waals surface area contributed by atoms with Crippen LogP contribution in [0.1, 0.15) is 37.6 Å². The molecule has 0 unspecified atom stereocenters. The minimum absolute atomic E-state index is 0.129. The average Bonchev–Trinajstić information content (AvgIpc) is 2.31. The molecule has 1 aromatic rings. The predicted molar refractivity (Wildman–Crippen MR) is 67.8 cm³/mol. The summed E-state index contributed by atoms with van der Waals surface area (Å²) in [7, 11) is 0. The van der Waals surface area contributed by atoms with Crippen LogP contribution in [-0.2, 0) is 4.79 Å². The van der Waals surface area contributed by atoms with E-state index in [9.17, 15) is 14.7 Å². The van der Waals surface area contributed by atoms with E-state index in [2.05, 4.69) is 5.32 Å². The molecule has 0 aliphatic heterocycles. The standard InChI is InChI=1S/C13H17NO4/c1-4-13(2,3)12(18)14-10-6-5-8(15)7-9(10)11(16)17/h5-7,15H,4H2,1-3H3,(H,14,18)(H,16,17). The van der Waals surface area contributed by atoms with E-state index >= 15 is 0 Å². The third-order valence-electron chi connectivity index (χ3n) is 2.98. The van der Waals surface area contributed by atoms with E-state index in [1.807, 2.05) is 6.92 Å². The van der Waals surface area contributed by atoms with Gasteiger partial charge >= 0.3 is 5.97 Å². The van der Waals surface area contributed by atoms with Crippen LogP contribution in [-0.4, -0.2) is 22.1 Å². The number of carboxylic acids is 1. The Morgan fingerprint density at radius 1 is 1.33 bits per heavy atom. The Labute approximate surface area is 105 Å². The zero-order chi connectivity index (χ0) is 13.9.